The van der Waals surface area contributed by atoms with Crippen molar-refractivity contribution in [1.29, 1.82) is 0 Å². The third-order valence-electron chi connectivity index (χ3n) is 9.96. The average Bonchev–Trinajstić information content (AvgIpc) is 3.15. The van der Waals surface area contributed by atoms with Crippen molar-refractivity contribution in [2.45, 2.75) is 213 Å². The standard InChI is InChI=1S/C46H88NO8P/c1-6-8-10-12-14-16-18-20-22-23-25-27-29-31-33-35-37-39-46(49)55-44(43-54-56(50,51)53-41-40-47(3,4)5)42-52-45(48)38-36-34-32-30-28-26-24-21-19-17-15-13-11-9-7-2/h20,22,32,34,44H,6-19,21,23-31,33,35-43H2,1-5H3/b22-20+,34-32+/t44-/m1/s1. The van der Waals surface area contributed by atoms with E-state index in [4.69, 9.17) is 18.5 Å². The highest BCUT2D eigenvalue weighted by molar-refractivity contribution is 7.45. The van der Waals surface area contributed by atoms with E-state index in [2.05, 4.69) is 32.1 Å². The van der Waals surface area contributed by atoms with Gasteiger partial charge < -0.3 is 27.9 Å². The van der Waals surface area contributed by atoms with E-state index in [0.29, 0.717) is 23.9 Å². The zero-order valence-corrected chi connectivity index (χ0v) is 38.0. The van der Waals surface area contributed by atoms with Crippen LogP contribution in [0.25, 0.3) is 0 Å². The van der Waals surface area contributed by atoms with Crippen molar-refractivity contribution in [1.82, 2.24) is 0 Å². The van der Waals surface area contributed by atoms with Gasteiger partial charge in [-0.3, -0.25) is 14.2 Å². The summed E-state index contributed by atoms with van der Waals surface area (Å²) >= 11 is 0. The molecule has 0 amide bonds. The second-order valence-electron chi connectivity index (χ2n) is 16.8. The lowest BCUT2D eigenvalue weighted by molar-refractivity contribution is -0.870. The first-order valence-electron chi connectivity index (χ1n) is 23.0. The number of carbonyl (C=O) groups excluding carboxylic acids is 2. The first kappa shape index (κ1) is 54.5. The fourth-order valence-corrected chi connectivity index (χ4v) is 7.04. The van der Waals surface area contributed by atoms with Crippen LogP contribution in [0.4, 0.5) is 0 Å². The van der Waals surface area contributed by atoms with Crippen molar-refractivity contribution >= 4 is 19.8 Å². The van der Waals surface area contributed by atoms with Crippen molar-refractivity contribution in [3.05, 3.63) is 24.3 Å². The molecule has 0 saturated carbocycles. The highest BCUT2D eigenvalue weighted by Crippen LogP contribution is 2.38. The number of allylic oxidation sites excluding steroid dienone is 4. The van der Waals surface area contributed by atoms with E-state index < -0.39 is 32.5 Å². The molecule has 10 heteroatoms. The summed E-state index contributed by atoms with van der Waals surface area (Å²) in [5.74, 6) is -0.890. The van der Waals surface area contributed by atoms with E-state index in [1.165, 1.54) is 128 Å². The highest BCUT2D eigenvalue weighted by atomic mass is 31.2. The molecule has 0 spiro atoms. The van der Waals surface area contributed by atoms with Crippen LogP contribution in [0.15, 0.2) is 24.3 Å². The van der Waals surface area contributed by atoms with Crippen LogP contribution < -0.4 is 4.89 Å². The average molecular weight is 814 g/mol. The fraction of sp³-hybridized carbons (Fsp3) is 0.870. The molecule has 330 valence electrons. The van der Waals surface area contributed by atoms with Crippen molar-refractivity contribution in [2.24, 2.45) is 0 Å². The van der Waals surface area contributed by atoms with Gasteiger partial charge in [-0.15, -0.1) is 0 Å². The topological polar surface area (TPSA) is 111 Å². The molecule has 0 heterocycles. The number of unbranched alkanes of at least 4 members (excludes halogenated alkanes) is 24. The summed E-state index contributed by atoms with van der Waals surface area (Å²) in [7, 11) is 1.15. The molecule has 0 aliphatic rings. The summed E-state index contributed by atoms with van der Waals surface area (Å²) in [6.07, 6.45) is 42.1. The van der Waals surface area contributed by atoms with Crippen molar-refractivity contribution < 1.29 is 42.1 Å². The fourth-order valence-electron chi connectivity index (χ4n) is 6.31. The maximum atomic E-state index is 12.7. The summed E-state index contributed by atoms with van der Waals surface area (Å²) in [4.78, 5) is 37.5. The number of carbonyl (C=O) groups is 2. The third kappa shape index (κ3) is 42.1. The molecule has 0 aromatic rings. The number of quaternary nitrogens is 1. The van der Waals surface area contributed by atoms with E-state index in [9.17, 15) is 19.0 Å². The predicted octanol–water partition coefficient (Wildman–Crippen LogP) is 12.5. The van der Waals surface area contributed by atoms with Crippen LogP contribution in [0, 0.1) is 0 Å². The van der Waals surface area contributed by atoms with Crippen molar-refractivity contribution in [3.8, 4) is 0 Å². The normalized spacial score (nSPS) is 13.8. The van der Waals surface area contributed by atoms with Gasteiger partial charge in [0, 0.05) is 12.8 Å². The van der Waals surface area contributed by atoms with E-state index in [1.807, 2.05) is 27.2 Å². The quantitative estimate of drug-likeness (QED) is 0.0197. The van der Waals surface area contributed by atoms with Gasteiger partial charge in [-0.1, -0.05) is 167 Å². The van der Waals surface area contributed by atoms with Crippen LogP contribution >= 0.6 is 7.82 Å². The summed E-state index contributed by atoms with van der Waals surface area (Å²) in [6, 6.07) is 0. The number of nitrogens with zero attached hydrogens (tertiary/aromatic N) is 1. The van der Waals surface area contributed by atoms with Gasteiger partial charge in [0.1, 0.15) is 19.8 Å². The Labute approximate surface area is 345 Å². The van der Waals surface area contributed by atoms with Gasteiger partial charge in [-0.2, -0.15) is 0 Å². The summed E-state index contributed by atoms with van der Waals surface area (Å²) in [6.45, 7) is 4.19. The summed E-state index contributed by atoms with van der Waals surface area (Å²) in [5, 5.41) is 0. The molecule has 0 fully saturated rings. The van der Waals surface area contributed by atoms with Gasteiger partial charge in [0.05, 0.1) is 27.7 Å². The Kier molecular flexibility index (Phi) is 37.9. The molecule has 9 nitrogen and oxygen atoms in total. The molecule has 2 atom stereocenters. The van der Waals surface area contributed by atoms with Crippen molar-refractivity contribution in [3.63, 3.8) is 0 Å². The van der Waals surface area contributed by atoms with Gasteiger partial charge in [-0.25, -0.2) is 0 Å². The van der Waals surface area contributed by atoms with Gasteiger partial charge in [0.25, 0.3) is 7.82 Å². The van der Waals surface area contributed by atoms with Crippen LogP contribution in [-0.4, -0.2) is 70.0 Å². The zero-order valence-electron chi connectivity index (χ0n) is 37.1. The molecule has 0 aliphatic carbocycles. The number of ether oxygens (including phenoxy) is 2. The Morgan fingerprint density at radius 2 is 0.946 bits per heavy atom. The molecule has 0 radical (unpaired) electrons. The molecular formula is C46H88NO8P. The second kappa shape index (κ2) is 39.0. The van der Waals surface area contributed by atoms with Gasteiger partial charge in [0.2, 0.25) is 0 Å². The number of likely N-dealkylation sites (N-methyl/N-ethyl adjacent to an activating group) is 1. The smallest absolute Gasteiger partial charge is 0.306 e. The van der Waals surface area contributed by atoms with Gasteiger partial charge in [-0.05, 0) is 51.4 Å². The zero-order chi connectivity index (χ0) is 41.4. The molecular weight excluding hydrogens is 725 g/mol. The lowest BCUT2D eigenvalue weighted by Gasteiger charge is -2.28. The van der Waals surface area contributed by atoms with Gasteiger partial charge >= 0.3 is 11.9 Å². The lowest BCUT2D eigenvalue weighted by Crippen LogP contribution is -2.37. The molecule has 0 bridgehead atoms. The molecule has 0 aliphatic heterocycles. The van der Waals surface area contributed by atoms with E-state index >= 15 is 0 Å². The SMILES string of the molecule is CCCCCCCC/C=C/CCCCCCCCCC(=O)O[C@H](COC(=O)CC/C=C/CCCCCCCCCCCCC)COP(=O)([O-])OCC[N+](C)(C)C. The first-order valence-corrected chi connectivity index (χ1v) is 24.5. The van der Waals surface area contributed by atoms with Crippen LogP contribution in [0.5, 0.6) is 0 Å². The minimum absolute atomic E-state index is 0.0349. The van der Waals surface area contributed by atoms with Crippen LogP contribution in [-0.2, 0) is 32.7 Å². The number of phosphoric acid groups is 1. The minimum Gasteiger partial charge on any atom is -0.756 e. The van der Waals surface area contributed by atoms with E-state index in [0.717, 1.165) is 38.5 Å². The number of esters is 2. The number of phosphoric ester groups is 1. The summed E-state index contributed by atoms with van der Waals surface area (Å²) in [5.41, 5.74) is 0. The van der Waals surface area contributed by atoms with Crippen molar-refractivity contribution in [2.75, 3.05) is 47.5 Å². The number of hydrogen-bond acceptors (Lipinski definition) is 8. The summed E-state index contributed by atoms with van der Waals surface area (Å²) < 4.78 is 33.9. The Bertz CT molecular complexity index is 1010. The molecule has 0 rings (SSSR count). The Balaban J connectivity index is 4.36. The molecule has 1 unspecified atom stereocenters. The Morgan fingerprint density at radius 3 is 1.39 bits per heavy atom. The molecule has 0 aromatic carbocycles. The second-order valence-corrected chi connectivity index (χ2v) is 18.2. The molecule has 0 N–H and O–H groups in total. The van der Waals surface area contributed by atoms with Crippen LogP contribution in [0.1, 0.15) is 206 Å². The first-order chi connectivity index (χ1) is 27.0. The highest BCUT2D eigenvalue weighted by Gasteiger charge is 2.21. The molecule has 0 saturated heterocycles. The maximum Gasteiger partial charge on any atom is 0.306 e. The minimum atomic E-state index is -4.63. The largest absolute Gasteiger partial charge is 0.756 e. The van der Waals surface area contributed by atoms with Crippen LogP contribution in [0.2, 0.25) is 0 Å². The lowest BCUT2D eigenvalue weighted by atomic mass is 10.1. The third-order valence-corrected chi connectivity index (χ3v) is 10.9. The predicted molar refractivity (Wildman–Crippen MR) is 231 cm³/mol. The molecule has 0 aromatic heterocycles. The van der Waals surface area contributed by atoms with Gasteiger partial charge in [0.15, 0.2) is 6.10 Å². The van der Waals surface area contributed by atoms with E-state index in [1.54, 1.807) is 0 Å². The Hall–Kier alpha value is -1.51. The van der Waals surface area contributed by atoms with E-state index in [-0.39, 0.29) is 26.1 Å². The number of hydrogen-bond donors (Lipinski definition) is 0. The Morgan fingerprint density at radius 1 is 0.536 bits per heavy atom. The number of rotatable bonds is 42. The van der Waals surface area contributed by atoms with Crippen LogP contribution in [0.3, 0.4) is 0 Å². The maximum absolute atomic E-state index is 12.7. The molecule has 56 heavy (non-hydrogen) atoms. The monoisotopic (exact) mass is 814 g/mol.